The molecule has 0 radical (unpaired) electrons. The number of hydrogen-bond donors (Lipinski definition) is 2. The fourth-order valence-corrected chi connectivity index (χ4v) is 2.14. The minimum absolute atomic E-state index is 0.563. The maximum atomic E-state index is 6.10. The summed E-state index contributed by atoms with van der Waals surface area (Å²) in [6, 6.07) is 5.78. The van der Waals surface area contributed by atoms with Gasteiger partial charge in [0.25, 0.3) is 0 Å². The van der Waals surface area contributed by atoms with Gasteiger partial charge in [-0.2, -0.15) is 0 Å². The summed E-state index contributed by atoms with van der Waals surface area (Å²) in [6.45, 7) is 2.12. The van der Waals surface area contributed by atoms with Crippen molar-refractivity contribution in [2.75, 3.05) is 18.8 Å². The second-order valence-electron chi connectivity index (χ2n) is 3.47. The SMILES string of the molecule is Nc1ccc(C2CCNC2)c(Cl)c1. The minimum atomic E-state index is 0.563. The van der Waals surface area contributed by atoms with E-state index in [1.165, 1.54) is 12.0 Å². The molecule has 1 saturated heterocycles. The van der Waals surface area contributed by atoms with Crippen molar-refractivity contribution in [3.8, 4) is 0 Å². The normalized spacial score (nSPS) is 22.1. The van der Waals surface area contributed by atoms with E-state index in [0.29, 0.717) is 5.92 Å². The van der Waals surface area contributed by atoms with Crippen molar-refractivity contribution in [3.05, 3.63) is 28.8 Å². The van der Waals surface area contributed by atoms with Crippen LogP contribution in [-0.4, -0.2) is 13.1 Å². The first-order chi connectivity index (χ1) is 6.27. The molecule has 1 aliphatic heterocycles. The molecule has 2 rings (SSSR count). The average Bonchev–Trinajstić information content (AvgIpc) is 2.56. The second kappa shape index (κ2) is 3.56. The molecule has 3 heteroatoms. The van der Waals surface area contributed by atoms with Gasteiger partial charge in [-0.3, -0.25) is 0 Å². The lowest BCUT2D eigenvalue weighted by atomic mass is 9.98. The van der Waals surface area contributed by atoms with Crippen LogP contribution in [0.15, 0.2) is 18.2 Å². The van der Waals surface area contributed by atoms with Crippen molar-refractivity contribution in [2.45, 2.75) is 12.3 Å². The average molecular weight is 197 g/mol. The van der Waals surface area contributed by atoms with Crippen molar-refractivity contribution in [3.63, 3.8) is 0 Å². The smallest absolute Gasteiger partial charge is 0.0461 e. The van der Waals surface area contributed by atoms with Gasteiger partial charge in [-0.25, -0.2) is 0 Å². The van der Waals surface area contributed by atoms with Crippen molar-refractivity contribution >= 4 is 17.3 Å². The van der Waals surface area contributed by atoms with E-state index in [2.05, 4.69) is 5.32 Å². The highest BCUT2D eigenvalue weighted by Crippen LogP contribution is 2.30. The monoisotopic (exact) mass is 196 g/mol. The highest BCUT2D eigenvalue weighted by molar-refractivity contribution is 6.31. The van der Waals surface area contributed by atoms with Crippen LogP contribution in [0.5, 0.6) is 0 Å². The summed E-state index contributed by atoms with van der Waals surface area (Å²) in [4.78, 5) is 0. The molecule has 0 aromatic heterocycles. The molecule has 1 unspecified atom stereocenters. The van der Waals surface area contributed by atoms with Crippen LogP contribution in [0.4, 0.5) is 5.69 Å². The van der Waals surface area contributed by atoms with E-state index >= 15 is 0 Å². The van der Waals surface area contributed by atoms with Crippen LogP contribution in [0.1, 0.15) is 17.9 Å². The van der Waals surface area contributed by atoms with Gasteiger partial charge in [-0.05, 0) is 36.6 Å². The molecule has 1 fully saturated rings. The Kier molecular flexibility index (Phi) is 2.42. The molecule has 0 spiro atoms. The van der Waals surface area contributed by atoms with Gasteiger partial charge in [0.1, 0.15) is 0 Å². The molecule has 1 aromatic carbocycles. The number of nitrogens with two attached hydrogens (primary N) is 1. The molecule has 3 N–H and O–H groups in total. The van der Waals surface area contributed by atoms with Gasteiger partial charge in [-0.1, -0.05) is 17.7 Å². The van der Waals surface area contributed by atoms with E-state index in [4.69, 9.17) is 17.3 Å². The molecule has 1 atom stereocenters. The number of halogens is 1. The predicted octanol–water partition coefficient (Wildman–Crippen LogP) is 2.00. The molecule has 0 bridgehead atoms. The second-order valence-corrected chi connectivity index (χ2v) is 3.88. The summed E-state index contributed by atoms with van der Waals surface area (Å²) in [5.41, 5.74) is 7.58. The Balaban J connectivity index is 2.29. The van der Waals surface area contributed by atoms with Crippen LogP contribution in [-0.2, 0) is 0 Å². The summed E-state index contributed by atoms with van der Waals surface area (Å²) < 4.78 is 0. The van der Waals surface area contributed by atoms with E-state index < -0.39 is 0 Å². The topological polar surface area (TPSA) is 38.0 Å². The molecule has 1 aliphatic rings. The van der Waals surface area contributed by atoms with Gasteiger partial charge < -0.3 is 11.1 Å². The molecule has 0 saturated carbocycles. The first-order valence-electron chi connectivity index (χ1n) is 4.53. The van der Waals surface area contributed by atoms with Crippen molar-refractivity contribution in [1.82, 2.24) is 5.32 Å². The number of hydrogen-bond acceptors (Lipinski definition) is 2. The van der Waals surface area contributed by atoms with E-state index in [9.17, 15) is 0 Å². The molecule has 1 heterocycles. The Morgan fingerprint density at radius 3 is 2.92 bits per heavy atom. The predicted molar refractivity (Wildman–Crippen MR) is 56.1 cm³/mol. The maximum absolute atomic E-state index is 6.10. The molecular formula is C10H13ClN2. The maximum Gasteiger partial charge on any atom is 0.0461 e. The Bertz CT molecular complexity index is 306. The van der Waals surface area contributed by atoms with Crippen LogP contribution in [0.3, 0.4) is 0 Å². The van der Waals surface area contributed by atoms with E-state index in [-0.39, 0.29) is 0 Å². The summed E-state index contributed by atoms with van der Waals surface area (Å²) in [5, 5.41) is 4.12. The van der Waals surface area contributed by atoms with Crippen LogP contribution in [0, 0.1) is 0 Å². The highest BCUT2D eigenvalue weighted by Gasteiger charge is 2.18. The molecule has 1 aromatic rings. The standard InChI is InChI=1S/C10H13ClN2/c11-10-5-8(12)1-2-9(10)7-3-4-13-6-7/h1-2,5,7,13H,3-4,6,12H2. The summed E-state index contributed by atoms with van der Waals surface area (Å²) in [5.74, 6) is 0.563. The zero-order valence-corrected chi connectivity index (χ0v) is 8.14. The van der Waals surface area contributed by atoms with Crippen LogP contribution in [0.2, 0.25) is 5.02 Å². The molecule has 2 nitrogen and oxygen atoms in total. The van der Waals surface area contributed by atoms with E-state index in [1.54, 1.807) is 0 Å². The largest absolute Gasteiger partial charge is 0.399 e. The minimum Gasteiger partial charge on any atom is -0.399 e. The lowest BCUT2D eigenvalue weighted by molar-refractivity contribution is 0.764. The third kappa shape index (κ3) is 1.79. The van der Waals surface area contributed by atoms with Crippen LogP contribution >= 0.6 is 11.6 Å². The molecule has 13 heavy (non-hydrogen) atoms. The van der Waals surface area contributed by atoms with Gasteiger partial charge in [0.15, 0.2) is 0 Å². The fourth-order valence-electron chi connectivity index (χ4n) is 1.79. The molecule has 0 aliphatic carbocycles. The van der Waals surface area contributed by atoms with E-state index in [1.807, 2.05) is 18.2 Å². The number of benzene rings is 1. The van der Waals surface area contributed by atoms with Crippen molar-refractivity contribution in [2.24, 2.45) is 0 Å². The number of rotatable bonds is 1. The number of nitrogens with one attached hydrogen (secondary N) is 1. The molecule has 70 valence electrons. The first kappa shape index (κ1) is 8.85. The summed E-state index contributed by atoms with van der Waals surface area (Å²) in [6.07, 6.45) is 1.17. The van der Waals surface area contributed by atoms with Gasteiger partial charge >= 0.3 is 0 Å². The van der Waals surface area contributed by atoms with Crippen molar-refractivity contribution in [1.29, 1.82) is 0 Å². The number of anilines is 1. The lowest BCUT2D eigenvalue weighted by Crippen LogP contribution is -2.08. The lowest BCUT2D eigenvalue weighted by Gasteiger charge is -2.10. The first-order valence-corrected chi connectivity index (χ1v) is 4.91. The van der Waals surface area contributed by atoms with Gasteiger partial charge in [0.05, 0.1) is 0 Å². The molecular weight excluding hydrogens is 184 g/mol. The zero-order chi connectivity index (χ0) is 9.26. The summed E-state index contributed by atoms with van der Waals surface area (Å²) in [7, 11) is 0. The molecule has 0 amide bonds. The van der Waals surface area contributed by atoms with Gasteiger partial charge in [-0.15, -0.1) is 0 Å². The van der Waals surface area contributed by atoms with Crippen LogP contribution in [0.25, 0.3) is 0 Å². The third-order valence-corrected chi connectivity index (χ3v) is 2.85. The third-order valence-electron chi connectivity index (χ3n) is 2.52. The van der Waals surface area contributed by atoms with Gasteiger partial charge in [0.2, 0.25) is 0 Å². The summed E-state index contributed by atoms with van der Waals surface area (Å²) >= 11 is 6.10. The highest BCUT2D eigenvalue weighted by atomic mass is 35.5. The van der Waals surface area contributed by atoms with Gasteiger partial charge in [0, 0.05) is 17.3 Å². The Morgan fingerprint density at radius 2 is 2.31 bits per heavy atom. The number of nitrogen functional groups attached to an aromatic ring is 1. The zero-order valence-electron chi connectivity index (χ0n) is 7.39. The fraction of sp³-hybridized carbons (Fsp3) is 0.400. The Hall–Kier alpha value is -0.730. The Morgan fingerprint density at radius 1 is 1.46 bits per heavy atom. The Labute approximate surface area is 83.1 Å². The van der Waals surface area contributed by atoms with Crippen molar-refractivity contribution < 1.29 is 0 Å². The van der Waals surface area contributed by atoms with E-state index in [0.717, 1.165) is 23.8 Å². The van der Waals surface area contributed by atoms with Crippen LogP contribution < -0.4 is 11.1 Å². The quantitative estimate of drug-likeness (QED) is 0.675.